The molecule has 0 aliphatic carbocycles. The lowest BCUT2D eigenvalue weighted by atomic mass is 10.1. The molecule has 2 rings (SSSR count). The van der Waals surface area contributed by atoms with Gasteiger partial charge in [-0.15, -0.1) is 5.10 Å². The molecule has 78 valence electrons. The second kappa shape index (κ2) is 3.73. The van der Waals surface area contributed by atoms with Gasteiger partial charge in [-0.1, -0.05) is 29.8 Å². The van der Waals surface area contributed by atoms with E-state index in [0.29, 0.717) is 5.95 Å². The number of benzene rings is 1. The van der Waals surface area contributed by atoms with Crippen molar-refractivity contribution in [2.45, 2.75) is 6.92 Å². The van der Waals surface area contributed by atoms with Gasteiger partial charge in [0.25, 0.3) is 0 Å². The molecule has 0 radical (unpaired) electrons. The van der Waals surface area contributed by atoms with Crippen molar-refractivity contribution >= 4 is 5.95 Å². The van der Waals surface area contributed by atoms with Crippen molar-refractivity contribution in [2.75, 3.05) is 12.4 Å². The van der Waals surface area contributed by atoms with Crippen molar-refractivity contribution in [2.24, 2.45) is 7.05 Å². The molecule has 1 N–H and O–H groups in total. The van der Waals surface area contributed by atoms with Crippen LogP contribution in [0, 0.1) is 6.92 Å². The first-order valence-corrected chi connectivity index (χ1v) is 4.86. The molecule has 15 heavy (non-hydrogen) atoms. The predicted octanol–water partition coefficient (Wildman–Crippen LogP) is 1.83. The molecule has 1 aromatic heterocycles. The van der Waals surface area contributed by atoms with Crippen LogP contribution in [0.3, 0.4) is 0 Å². The topological polar surface area (TPSA) is 42.7 Å². The van der Waals surface area contributed by atoms with Crippen molar-refractivity contribution in [3.8, 4) is 11.4 Å². The maximum absolute atomic E-state index is 4.37. The lowest BCUT2D eigenvalue weighted by Gasteiger charge is -1.99. The van der Waals surface area contributed by atoms with Gasteiger partial charge in [0, 0.05) is 19.7 Å². The third-order valence-corrected chi connectivity index (χ3v) is 2.30. The van der Waals surface area contributed by atoms with Crippen LogP contribution in [0.5, 0.6) is 0 Å². The molecule has 0 atom stereocenters. The number of anilines is 1. The van der Waals surface area contributed by atoms with Crippen molar-refractivity contribution in [3.05, 3.63) is 29.8 Å². The van der Waals surface area contributed by atoms with Crippen LogP contribution in [0.25, 0.3) is 11.4 Å². The fraction of sp³-hybridized carbons (Fsp3) is 0.273. The highest BCUT2D eigenvalue weighted by Crippen LogP contribution is 2.18. The Morgan fingerprint density at radius 1 is 1.20 bits per heavy atom. The molecule has 0 spiro atoms. The third kappa shape index (κ3) is 1.83. The molecular weight excluding hydrogens is 188 g/mol. The standard InChI is InChI=1S/C11H14N4/c1-8-4-6-9(7-5-8)10-13-11(12-2)14-15(10)3/h4-7H,1-3H3,(H,12,14). The van der Waals surface area contributed by atoms with E-state index in [9.17, 15) is 0 Å². The second-order valence-electron chi connectivity index (χ2n) is 3.50. The molecule has 4 heteroatoms. The fourth-order valence-corrected chi connectivity index (χ4v) is 1.44. The summed E-state index contributed by atoms with van der Waals surface area (Å²) in [5.74, 6) is 1.52. The average molecular weight is 202 g/mol. The monoisotopic (exact) mass is 202 g/mol. The molecule has 0 amide bonds. The van der Waals surface area contributed by atoms with Crippen LogP contribution in [0.2, 0.25) is 0 Å². The number of rotatable bonds is 2. The number of nitrogens with one attached hydrogen (secondary N) is 1. The van der Waals surface area contributed by atoms with Gasteiger partial charge in [-0.3, -0.25) is 0 Å². The van der Waals surface area contributed by atoms with Crippen molar-refractivity contribution in [3.63, 3.8) is 0 Å². The minimum Gasteiger partial charge on any atom is -0.356 e. The summed E-state index contributed by atoms with van der Waals surface area (Å²) in [6, 6.07) is 8.25. The molecular formula is C11H14N4. The van der Waals surface area contributed by atoms with Crippen LogP contribution in [-0.4, -0.2) is 21.8 Å². The Bertz CT molecular complexity index is 456. The first-order valence-electron chi connectivity index (χ1n) is 4.86. The van der Waals surface area contributed by atoms with Crippen LogP contribution < -0.4 is 5.32 Å². The summed E-state index contributed by atoms with van der Waals surface area (Å²) in [5.41, 5.74) is 2.33. The van der Waals surface area contributed by atoms with E-state index in [4.69, 9.17) is 0 Å². The van der Waals surface area contributed by atoms with Gasteiger partial charge in [-0.25, -0.2) is 4.68 Å². The fourth-order valence-electron chi connectivity index (χ4n) is 1.44. The molecule has 0 bridgehead atoms. The molecule has 0 aliphatic heterocycles. The summed E-state index contributed by atoms with van der Waals surface area (Å²) in [4.78, 5) is 4.37. The zero-order valence-electron chi connectivity index (χ0n) is 9.15. The highest BCUT2D eigenvalue weighted by atomic mass is 15.4. The smallest absolute Gasteiger partial charge is 0.242 e. The Kier molecular flexibility index (Phi) is 2.41. The summed E-state index contributed by atoms with van der Waals surface area (Å²) in [7, 11) is 3.71. The van der Waals surface area contributed by atoms with E-state index in [-0.39, 0.29) is 0 Å². The second-order valence-corrected chi connectivity index (χ2v) is 3.50. The van der Waals surface area contributed by atoms with Gasteiger partial charge in [0.05, 0.1) is 0 Å². The zero-order valence-corrected chi connectivity index (χ0v) is 9.15. The molecule has 0 aliphatic rings. The highest BCUT2D eigenvalue weighted by Gasteiger charge is 2.07. The van der Waals surface area contributed by atoms with Crippen molar-refractivity contribution in [1.82, 2.24) is 14.8 Å². The first-order chi connectivity index (χ1) is 7.20. The van der Waals surface area contributed by atoms with E-state index >= 15 is 0 Å². The summed E-state index contributed by atoms with van der Waals surface area (Å²) < 4.78 is 1.77. The van der Waals surface area contributed by atoms with E-state index in [2.05, 4.69) is 46.6 Å². The molecule has 1 heterocycles. The Balaban J connectivity index is 2.44. The Morgan fingerprint density at radius 3 is 2.40 bits per heavy atom. The van der Waals surface area contributed by atoms with Gasteiger partial charge in [-0.2, -0.15) is 4.98 Å². The normalized spacial score (nSPS) is 10.3. The molecule has 1 aromatic carbocycles. The maximum atomic E-state index is 4.37. The van der Waals surface area contributed by atoms with Gasteiger partial charge < -0.3 is 5.32 Å². The lowest BCUT2D eigenvalue weighted by molar-refractivity contribution is 0.777. The molecule has 2 aromatic rings. The highest BCUT2D eigenvalue weighted by molar-refractivity contribution is 5.57. The van der Waals surface area contributed by atoms with E-state index in [1.54, 1.807) is 4.68 Å². The van der Waals surface area contributed by atoms with Crippen LogP contribution in [0.4, 0.5) is 5.95 Å². The zero-order chi connectivity index (χ0) is 10.8. The predicted molar refractivity (Wildman–Crippen MR) is 60.7 cm³/mol. The van der Waals surface area contributed by atoms with E-state index in [1.165, 1.54) is 5.56 Å². The summed E-state index contributed by atoms with van der Waals surface area (Å²) in [6.07, 6.45) is 0. The largest absolute Gasteiger partial charge is 0.356 e. The van der Waals surface area contributed by atoms with E-state index in [1.807, 2.05) is 14.1 Å². The van der Waals surface area contributed by atoms with Crippen LogP contribution >= 0.6 is 0 Å². The Labute approximate surface area is 89.0 Å². The molecule has 0 unspecified atom stereocenters. The third-order valence-electron chi connectivity index (χ3n) is 2.30. The Hall–Kier alpha value is -1.84. The van der Waals surface area contributed by atoms with Gasteiger partial charge in [0.1, 0.15) is 0 Å². The van der Waals surface area contributed by atoms with Gasteiger partial charge in [0.2, 0.25) is 5.95 Å². The van der Waals surface area contributed by atoms with Crippen molar-refractivity contribution in [1.29, 1.82) is 0 Å². The molecule has 0 fully saturated rings. The van der Waals surface area contributed by atoms with E-state index < -0.39 is 0 Å². The minimum atomic E-state index is 0.646. The lowest BCUT2D eigenvalue weighted by Crippen LogP contribution is -1.95. The van der Waals surface area contributed by atoms with Crippen LogP contribution in [0.1, 0.15) is 5.56 Å². The SMILES string of the molecule is CNc1nc(-c2ccc(C)cc2)n(C)n1. The number of nitrogens with zero attached hydrogens (tertiary/aromatic N) is 3. The molecule has 4 nitrogen and oxygen atoms in total. The molecule has 0 saturated heterocycles. The summed E-state index contributed by atoms with van der Waals surface area (Å²) >= 11 is 0. The minimum absolute atomic E-state index is 0.646. The quantitative estimate of drug-likeness (QED) is 0.808. The number of hydrogen-bond acceptors (Lipinski definition) is 3. The van der Waals surface area contributed by atoms with Crippen molar-refractivity contribution < 1.29 is 0 Å². The summed E-state index contributed by atoms with van der Waals surface area (Å²) in [5, 5.41) is 7.15. The van der Waals surface area contributed by atoms with E-state index in [0.717, 1.165) is 11.4 Å². The summed E-state index contributed by atoms with van der Waals surface area (Å²) in [6.45, 7) is 2.07. The van der Waals surface area contributed by atoms with Crippen LogP contribution in [-0.2, 0) is 7.05 Å². The van der Waals surface area contributed by atoms with Gasteiger partial charge in [-0.05, 0) is 6.92 Å². The van der Waals surface area contributed by atoms with Gasteiger partial charge in [0.15, 0.2) is 5.82 Å². The number of aryl methyl sites for hydroxylation is 2. The maximum Gasteiger partial charge on any atom is 0.242 e. The van der Waals surface area contributed by atoms with Gasteiger partial charge >= 0.3 is 0 Å². The number of aromatic nitrogens is 3. The Morgan fingerprint density at radius 2 is 1.87 bits per heavy atom. The number of hydrogen-bond donors (Lipinski definition) is 1. The molecule has 0 saturated carbocycles. The first kappa shape index (κ1) is 9.71. The average Bonchev–Trinajstić information content (AvgIpc) is 2.61. The van der Waals surface area contributed by atoms with Crippen LogP contribution in [0.15, 0.2) is 24.3 Å².